The van der Waals surface area contributed by atoms with E-state index in [2.05, 4.69) is 17.7 Å². The van der Waals surface area contributed by atoms with Gasteiger partial charge in [-0.1, -0.05) is 50.8 Å². The third-order valence-corrected chi connectivity index (χ3v) is 4.75. The van der Waals surface area contributed by atoms with Crippen LogP contribution in [0.2, 0.25) is 0 Å². The van der Waals surface area contributed by atoms with E-state index in [-0.39, 0.29) is 17.7 Å². The number of aliphatic hydroxyl groups is 1. The lowest BCUT2D eigenvalue weighted by Crippen LogP contribution is -2.04. The number of aliphatic hydroxyl groups excluding tert-OH is 1. The summed E-state index contributed by atoms with van der Waals surface area (Å²) in [5, 5.41) is 10.00. The zero-order chi connectivity index (χ0) is 18.5. The van der Waals surface area contributed by atoms with Crippen LogP contribution in [-0.2, 0) is 14.3 Å². The Hall–Kier alpha value is -1.42. The summed E-state index contributed by atoms with van der Waals surface area (Å²) in [6, 6.07) is 0. The van der Waals surface area contributed by atoms with Crippen LogP contribution in [0.3, 0.4) is 0 Å². The van der Waals surface area contributed by atoms with Crippen LogP contribution in [0.1, 0.15) is 77.6 Å². The molecule has 0 amide bonds. The molecule has 1 aliphatic rings. The second-order valence-electron chi connectivity index (χ2n) is 6.85. The lowest BCUT2D eigenvalue weighted by Gasteiger charge is -2.08. The Morgan fingerprint density at radius 1 is 1.28 bits per heavy atom. The fraction of sp³-hybridized carbons (Fsp3) is 0.714. The second kappa shape index (κ2) is 12.9. The highest BCUT2D eigenvalue weighted by atomic mass is 16.5. The summed E-state index contributed by atoms with van der Waals surface area (Å²) >= 11 is 0. The van der Waals surface area contributed by atoms with Crippen molar-refractivity contribution in [1.82, 2.24) is 0 Å². The van der Waals surface area contributed by atoms with Gasteiger partial charge in [-0.15, -0.1) is 0 Å². The normalized spacial score (nSPS) is 20.5. The molecule has 0 bridgehead atoms. The molecule has 1 saturated carbocycles. The van der Waals surface area contributed by atoms with E-state index in [4.69, 9.17) is 0 Å². The van der Waals surface area contributed by atoms with Crippen LogP contribution in [0, 0.1) is 5.92 Å². The number of carbonyl (C=O) groups excluding carboxylic acids is 2. The van der Waals surface area contributed by atoms with Gasteiger partial charge in [0.05, 0.1) is 13.2 Å². The molecule has 2 atom stereocenters. The molecule has 0 aromatic heterocycles. The van der Waals surface area contributed by atoms with Crippen molar-refractivity contribution in [2.24, 2.45) is 5.92 Å². The summed E-state index contributed by atoms with van der Waals surface area (Å²) < 4.78 is 4.62. The third kappa shape index (κ3) is 9.01. The molecule has 1 N–H and O–H groups in total. The Labute approximate surface area is 152 Å². The Morgan fingerprint density at radius 2 is 2.08 bits per heavy atom. The number of Topliss-reactive ketones (excluding diaryl/α,β-unsaturated/α-hetero) is 1. The van der Waals surface area contributed by atoms with Crippen molar-refractivity contribution in [3.05, 3.63) is 23.8 Å². The molecular formula is C21H34O4. The van der Waals surface area contributed by atoms with Crippen molar-refractivity contribution < 1.29 is 19.4 Å². The first-order valence-corrected chi connectivity index (χ1v) is 9.75. The van der Waals surface area contributed by atoms with Crippen LogP contribution < -0.4 is 0 Å². The molecule has 142 valence electrons. The Bertz CT molecular complexity index is 465. The van der Waals surface area contributed by atoms with Gasteiger partial charge < -0.3 is 9.84 Å². The topological polar surface area (TPSA) is 63.6 Å². The molecule has 4 nitrogen and oxygen atoms in total. The minimum absolute atomic E-state index is 0.156. The SMILES string of the molecule is CCCCC[C@H](O)/C=C/[C@H]1CCC(=O)/C1=C/CCCCCC(=O)OC. The maximum absolute atomic E-state index is 12.1. The molecule has 1 fully saturated rings. The lowest BCUT2D eigenvalue weighted by atomic mass is 9.98. The first kappa shape index (κ1) is 21.6. The fourth-order valence-electron chi connectivity index (χ4n) is 3.17. The average molecular weight is 350 g/mol. The summed E-state index contributed by atoms with van der Waals surface area (Å²) in [6.07, 6.45) is 15.2. The number of esters is 1. The predicted molar refractivity (Wildman–Crippen MR) is 100 cm³/mol. The molecule has 0 saturated heterocycles. The lowest BCUT2D eigenvalue weighted by molar-refractivity contribution is -0.140. The minimum Gasteiger partial charge on any atom is -0.469 e. The van der Waals surface area contributed by atoms with Crippen LogP contribution in [0.4, 0.5) is 0 Å². The van der Waals surface area contributed by atoms with E-state index in [0.717, 1.165) is 63.4 Å². The van der Waals surface area contributed by atoms with E-state index in [9.17, 15) is 14.7 Å². The van der Waals surface area contributed by atoms with E-state index >= 15 is 0 Å². The van der Waals surface area contributed by atoms with E-state index < -0.39 is 6.10 Å². The van der Waals surface area contributed by atoms with Crippen LogP contribution >= 0.6 is 0 Å². The quantitative estimate of drug-likeness (QED) is 0.243. The monoisotopic (exact) mass is 350 g/mol. The van der Waals surface area contributed by atoms with Crippen molar-refractivity contribution in [3.8, 4) is 0 Å². The zero-order valence-corrected chi connectivity index (χ0v) is 15.8. The molecule has 4 heteroatoms. The van der Waals surface area contributed by atoms with E-state index in [1.54, 1.807) is 0 Å². The van der Waals surface area contributed by atoms with Gasteiger partial charge >= 0.3 is 5.97 Å². The highest BCUT2D eigenvalue weighted by Gasteiger charge is 2.26. The van der Waals surface area contributed by atoms with E-state index in [1.165, 1.54) is 7.11 Å². The van der Waals surface area contributed by atoms with Crippen molar-refractivity contribution >= 4 is 11.8 Å². The largest absolute Gasteiger partial charge is 0.469 e. The number of allylic oxidation sites excluding steroid dienone is 3. The van der Waals surface area contributed by atoms with Gasteiger partial charge in [0, 0.05) is 18.8 Å². The van der Waals surface area contributed by atoms with Crippen LogP contribution in [0.5, 0.6) is 0 Å². The number of hydrogen-bond acceptors (Lipinski definition) is 4. The van der Waals surface area contributed by atoms with Gasteiger partial charge in [-0.3, -0.25) is 9.59 Å². The molecule has 25 heavy (non-hydrogen) atoms. The summed E-state index contributed by atoms with van der Waals surface area (Å²) in [4.78, 5) is 23.1. The summed E-state index contributed by atoms with van der Waals surface area (Å²) in [5.74, 6) is 0.236. The molecule has 0 aliphatic heterocycles. The first-order valence-electron chi connectivity index (χ1n) is 9.75. The molecule has 0 radical (unpaired) electrons. The smallest absolute Gasteiger partial charge is 0.305 e. The fourth-order valence-corrected chi connectivity index (χ4v) is 3.17. The second-order valence-corrected chi connectivity index (χ2v) is 6.85. The van der Waals surface area contributed by atoms with Crippen molar-refractivity contribution in [2.75, 3.05) is 7.11 Å². The highest BCUT2D eigenvalue weighted by molar-refractivity contribution is 5.98. The Balaban J connectivity index is 2.37. The van der Waals surface area contributed by atoms with Gasteiger partial charge in [0.2, 0.25) is 0 Å². The molecule has 0 spiro atoms. The summed E-state index contributed by atoms with van der Waals surface area (Å²) in [7, 11) is 1.41. The molecule has 0 aromatic carbocycles. The maximum atomic E-state index is 12.1. The van der Waals surface area contributed by atoms with E-state index in [1.807, 2.05) is 12.2 Å². The van der Waals surface area contributed by atoms with Gasteiger partial charge in [-0.25, -0.2) is 0 Å². The van der Waals surface area contributed by atoms with Crippen molar-refractivity contribution in [1.29, 1.82) is 0 Å². The number of hydrogen-bond donors (Lipinski definition) is 1. The summed E-state index contributed by atoms with van der Waals surface area (Å²) in [6.45, 7) is 2.15. The van der Waals surface area contributed by atoms with Gasteiger partial charge in [0.15, 0.2) is 5.78 Å². The average Bonchev–Trinajstić information content (AvgIpc) is 2.96. The zero-order valence-electron chi connectivity index (χ0n) is 15.8. The number of methoxy groups -OCH3 is 1. The Kier molecular flexibility index (Phi) is 11.1. The van der Waals surface area contributed by atoms with Crippen molar-refractivity contribution in [2.45, 2.75) is 83.7 Å². The standard InChI is InChI=1S/C21H34O4/c1-3-4-7-10-18(22)15-13-17-14-16-20(23)19(17)11-8-5-6-9-12-21(24)25-2/h11,13,15,17-18,22H,3-10,12,14,16H2,1-2H3/b15-13+,19-11+/t17-,18-/m0/s1. The van der Waals surface area contributed by atoms with Gasteiger partial charge in [-0.05, 0) is 37.7 Å². The molecule has 0 unspecified atom stereocenters. The van der Waals surface area contributed by atoms with Gasteiger partial charge in [-0.2, -0.15) is 0 Å². The number of ether oxygens (including phenoxy) is 1. The van der Waals surface area contributed by atoms with Crippen molar-refractivity contribution in [3.63, 3.8) is 0 Å². The molecular weight excluding hydrogens is 316 g/mol. The number of ketones is 1. The summed E-state index contributed by atoms with van der Waals surface area (Å²) in [5.41, 5.74) is 0.907. The minimum atomic E-state index is -0.401. The number of carbonyl (C=O) groups is 2. The highest BCUT2D eigenvalue weighted by Crippen LogP contribution is 2.30. The predicted octanol–water partition coefficient (Wildman–Crippen LogP) is 4.51. The number of rotatable bonds is 12. The van der Waals surface area contributed by atoms with Crippen LogP contribution in [-0.4, -0.2) is 30.1 Å². The number of unbranched alkanes of at least 4 members (excludes halogenated alkanes) is 5. The molecule has 0 aromatic rings. The molecule has 0 heterocycles. The molecule has 1 rings (SSSR count). The third-order valence-electron chi connectivity index (χ3n) is 4.75. The molecule has 1 aliphatic carbocycles. The van der Waals surface area contributed by atoms with E-state index in [0.29, 0.717) is 12.8 Å². The first-order chi connectivity index (χ1) is 12.1. The van der Waals surface area contributed by atoms with Crippen LogP contribution in [0.15, 0.2) is 23.8 Å². The Morgan fingerprint density at radius 3 is 2.80 bits per heavy atom. The van der Waals surface area contributed by atoms with Gasteiger partial charge in [0.25, 0.3) is 0 Å². The van der Waals surface area contributed by atoms with Crippen LogP contribution in [0.25, 0.3) is 0 Å². The maximum Gasteiger partial charge on any atom is 0.305 e. The van der Waals surface area contributed by atoms with Gasteiger partial charge in [0.1, 0.15) is 0 Å².